The lowest BCUT2D eigenvalue weighted by Gasteiger charge is -2.20. The number of morpholine rings is 1. The second-order valence-corrected chi connectivity index (χ2v) is 3.97. The lowest BCUT2D eigenvalue weighted by Crippen LogP contribution is -2.33. The van der Waals surface area contributed by atoms with E-state index < -0.39 is 0 Å². The molecule has 2 aromatic heterocycles. The van der Waals surface area contributed by atoms with E-state index in [0.29, 0.717) is 30.4 Å². The molecule has 1 aliphatic rings. The SMILES string of the molecule is Clc1occc1-c1nc(C2CNCCO2)no1. The van der Waals surface area contributed by atoms with Gasteiger partial charge in [-0.25, -0.2) is 0 Å². The molecule has 0 bridgehead atoms. The number of nitrogens with one attached hydrogen (secondary N) is 1. The van der Waals surface area contributed by atoms with E-state index in [2.05, 4.69) is 15.5 Å². The van der Waals surface area contributed by atoms with E-state index in [1.807, 2.05) is 0 Å². The fourth-order valence-electron chi connectivity index (χ4n) is 1.65. The van der Waals surface area contributed by atoms with Crippen LogP contribution in [0.25, 0.3) is 11.5 Å². The summed E-state index contributed by atoms with van der Waals surface area (Å²) in [7, 11) is 0. The summed E-state index contributed by atoms with van der Waals surface area (Å²) < 4.78 is 15.6. The first-order chi connectivity index (χ1) is 8.34. The van der Waals surface area contributed by atoms with Crippen molar-refractivity contribution >= 4 is 11.6 Å². The molecule has 7 heteroatoms. The first kappa shape index (κ1) is 10.8. The molecule has 1 atom stereocenters. The van der Waals surface area contributed by atoms with Gasteiger partial charge in [0.05, 0.1) is 18.4 Å². The van der Waals surface area contributed by atoms with Crippen LogP contribution in [0.15, 0.2) is 21.3 Å². The molecule has 0 spiro atoms. The van der Waals surface area contributed by atoms with Crippen molar-refractivity contribution in [2.45, 2.75) is 6.10 Å². The van der Waals surface area contributed by atoms with Crippen LogP contribution in [0.2, 0.25) is 5.22 Å². The molecule has 90 valence electrons. The molecule has 0 saturated carbocycles. The first-order valence-electron chi connectivity index (χ1n) is 5.24. The molecule has 2 aromatic rings. The maximum absolute atomic E-state index is 5.83. The average Bonchev–Trinajstić information content (AvgIpc) is 2.98. The number of hydrogen-bond donors (Lipinski definition) is 1. The number of nitrogens with zero attached hydrogens (tertiary/aromatic N) is 2. The highest BCUT2D eigenvalue weighted by Crippen LogP contribution is 2.28. The molecule has 1 saturated heterocycles. The van der Waals surface area contributed by atoms with Crippen molar-refractivity contribution in [3.8, 4) is 11.5 Å². The van der Waals surface area contributed by atoms with Gasteiger partial charge in [0.25, 0.3) is 5.89 Å². The van der Waals surface area contributed by atoms with Crippen LogP contribution in [0, 0.1) is 0 Å². The summed E-state index contributed by atoms with van der Waals surface area (Å²) in [5, 5.41) is 7.32. The second kappa shape index (κ2) is 4.48. The van der Waals surface area contributed by atoms with Gasteiger partial charge in [-0.05, 0) is 17.7 Å². The van der Waals surface area contributed by atoms with Crippen LogP contribution in [0.5, 0.6) is 0 Å². The number of ether oxygens (including phenoxy) is 1. The fourth-order valence-corrected chi connectivity index (χ4v) is 1.85. The van der Waals surface area contributed by atoms with Crippen molar-refractivity contribution in [3.05, 3.63) is 23.4 Å². The summed E-state index contributed by atoms with van der Waals surface area (Å²) in [6.07, 6.45) is 1.30. The first-order valence-corrected chi connectivity index (χ1v) is 5.61. The smallest absolute Gasteiger partial charge is 0.262 e. The monoisotopic (exact) mass is 255 g/mol. The average molecular weight is 256 g/mol. The van der Waals surface area contributed by atoms with E-state index >= 15 is 0 Å². The summed E-state index contributed by atoms with van der Waals surface area (Å²) in [6.45, 7) is 2.16. The number of furan rings is 1. The Balaban J connectivity index is 1.85. The van der Waals surface area contributed by atoms with Gasteiger partial charge in [-0.15, -0.1) is 0 Å². The zero-order valence-electron chi connectivity index (χ0n) is 8.85. The van der Waals surface area contributed by atoms with Gasteiger partial charge in [-0.3, -0.25) is 0 Å². The van der Waals surface area contributed by atoms with Gasteiger partial charge in [-0.1, -0.05) is 5.16 Å². The largest absolute Gasteiger partial charge is 0.452 e. The van der Waals surface area contributed by atoms with E-state index in [9.17, 15) is 0 Å². The Kier molecular flexibility index (Phi) is 2.84. The minimum atomic E-state index is -0.174. The molecule has 0 aliphatic carbocycles. The lowest BCUT2D eigenvalue weighted by molar-refractivity contribution is 0.0208. The predicted octanol–water partition coefficient (Wildman–Crippen LogP) is 1.64. The summed E-state index contributed by atoms with van der Waals surface area (Å²) in [5.74, 6) is 0.859. The van der Waals surface area contributed by atoms with Crippen LogP contribution < -0.4 is 5.32 Å². The molecular formula is C10H10ClN3O3. The Labute approximate surface area is 102 Å². The highest BCUT2D eigenvalue weighted by atomic mass is 35.5. The van der Waals surface area contributed by atoms with Gasteiger partial charge in [0.1, 0.15) is 6.10 Å². The molecule has 3 rings (SSSR count). The van der Waals surface area contributed by atoms with Gasteiger partial charge < -0.3 is 19.0 Å². The summed E-state index contributed by atoms with van der Waals surface area (Å²) in [5.41, 5.74) is 0.592. The third kappa shape index (κ3) is 2.06. The molecule has 17 heavy (non-hydrogen) atoms. The second-order valence-electron chi connectivity index (χ2n) is 3.63. The molecule has 1 N–H and O–H groups in total. The molecule has 3 heterocycles. The van der Waals surface area contributed by atoms with Crippen molar-refractivity contribution in [3.63, 3.8) is 0 Å². The minimum Gasteiger partial charge on any atom is -0.452 e. The molecule has 1 fully saturated rings. The Bertz CT molecular complexity index is 504. The molecule has 0 radical (unpaired) electrons. The Morgan fingerprint density at radius 2 is 2.41 bits per heavy atom. The van der Waals surface area contributed by atoms with Crippen molar-refractivity contribution < 1.29 is 13.7 Å². The molecule has 6 nitrogen and oxygen atoms in total. The topological polar surface area (TPSA) is 73.3 Å². The van der Waals surface area contributed by atoms with Gasteiger partial charge in [0.15, 0.2) is 0 Å². The standard InChI is InChI=1S/C10H10ClN3O3/c11-8-6(1-3-16-8)10-13-9(14-17-10)7-5-12-2-4-15-7/h1,3,7,12H,2,4-5H2. The Morgan fingerprint density at radius 3 is 3.12 bits per heavy atom. The number of halogens is 1. The lowest BCUT2D eigenvalue weighted by atomic mass is 10.3. The van der Waals surface area contributed by atoms with Crippen LogP contribution in [-0.4, -0.2) is 29.8 Å². The molecular weight excluding hydrogens is 246 g/mol. The van der Waals surface area contributed by atoms with Crippen LogP contribution in [-0.2, 0) is 4.74 Å². The molecule has 1 unspecified atom stereocenters. The molecule has 0 aromatic carbocycles. The van der Waals surface area contributed by atoms with E-state index in [-0.39, 0.29) is 11.3 Å². The highest BCUT2D eigenvalue weighted by molar-refractivity contribution is 6.31. The van der Waals surface area contributed by atoms with Crippen LogP contribution in [0.4, 0.5) is 0 Å². The normalized spacial score (nSPS) is 20.6. The maximum Gasteiger partial charge on any atom is 0.262 e. The highest BCUT2D eigenvalue weighted by Gasteiger charge is 2.23. The van der Waals surface area contributed by atoms with Gasteiger partial charge >= 0.3 is 0 Å². The van der Waals surface area contributed by atoms with E-state index in [1.54, 1.807) is 6.07 Å². The van der Waals surface area contributed by atoms with Gasteiger partial charge in [-0.2, -0.15) is 4.98 Å². The third-order valence-corrected chi connectivity index (χ3v) is 2.80. The van der Waals surface area contributed by atoms with E-state index in [0.717, 1.165) is 6.54 Å². The minimum absolute atomic E-state index is 0.174. The van der Waals surface area contributed by atoms with Crippen molar-refractivity contribution in [1.82, 2.24) is 15.5 Å². The molecule has 1 aliphatic heterocycles. The Hall–Kier alpha value is -1.37. The third-order valence-electron chi connectivity index (χ3n) is 2.51. The maximum atomic E-state index is 5.83. The number of aromatic nitrogens is 2. The Morgan fingerprint density at radius 1 is 1.47 bits per heavy atom. The fraction of sp³-hybridized carbons (Fsp3) is 0.400. The van der Waals surface area contributed by atoms with E-state index in [1.165, 1.54) is 6.26 Å². The molecule has 0 amide bonds. The number of rotatable bonds is 2. The van der Waals surface area contributed by atoms with Crippen molar-refractivity contribution in [2.24, 2.45) is 0 Å². The van der Waals surface area contributed by atoms with Crippen molar-refractivity contribution in [1.29, 1.82) is 0 Å². The predicted molar refractivity (Wildman–Crippen MR) is 58.6 cm³/mol. The summed E-state index contributed by atoms with van der Waals surface area (Å²) in [6, 6.07) is 1.68. The summed E-state index contributed by atoms with van der Waals surface area (Å²) in [4.78, 5) is 4.25. The van der Waals surface area contributed by atoms with Gasteiger partial charge in [0.2, 0.25) is 11.0 Å². The van der Waals surface area contributed by atoms with Gasteiger partial charge in [0, 0.05) is 13.1 Å². The number of hydrogen-bond acceptors (Lipinski definition) is 6. The zero-order valence-corrected chi connectivity index (χ0v) is 9.61. The van der Waals surface area contributed by atoms with Crippen LogP contribution in [0.3, 0.4) is 0 Å². The van der Waals surface area contributed by atoms with Crippen LogP contribution >= 0.6 is 11.6 Å². The summed E-state index contributed by atoms with van der Waals surface area (Å²) >= 11 is 5.83. The van der Waals surface area contributed by atoms with E-state index in [4.69, 9.17) is 25.3 Å². The van der Waals surface area contributed by atoms with Crippen LogP contribution in [0.1, 0.15) is 11.9 Å². The van der Waals surface area contributed by atoms with Crippen molar-refractivity contribution in [2.75, 3.05) is 19.7 Å². The quantitative estimate of drug-likeness (QED) is 0.880. The zero-order chi connectivity index (χ0) is 11.7.